The highest BCUT2D eigenvalue weighted by molar-refractivity contribution is 7.14. The lowest BCUT2D eigenvalue weighted by atomic mass is 9.86. The number of thiazole rings is 1. The maximum absolute atomic E-state index is 9.59. The van der Waals surface area contributed by atoms with Crippen molar-refractivity contribution in [2.45, 2.75) is 45.7 Å². The van der Waals surface area contributed by atoms with Crippen LogP contribution in [0, 0.1) is 12.3 Å². The van der Waals surface area contributed by atoms with Crippen molar-refractivity contribution in [3.05, 3.63) is 29.0 Å². The van der Waals surface area contributed by atoms with Gasteiger partial charge in [0.25, 0.3) is 0 Å². The van der Waals surface area contributed by atoms with Crippen LogP contribution in [0.25, 0.3) is 10.8 Å². The van der Waals surface area contributed by atoms with Crippen molar-refractivity contribution in [3.8, 4) is 10.8 Å². The molecule has 0 spiro atoms. The van der Waals surface area contributed by atoms with E-state index in [2.05, 4.69) is 17.2 Å². The number of nitrogens with zero attached hydrogens (tertiary/aromatic N) is 1. The molecule has 0 amide bonds. The average Bonchev–Trinajstić information content (AvgIpc) is 3.17. The first kappa shape index (κ1) is 14.8. The third kappa shape index (κ3) is 3.05. The Morgan fingerprint density at radius 3 is 3.10 bits per heavy atom. The fourth-order valence-electron chi connectivity index (χ4n) is 3.05. The minimum atomic E-state index is 0.0195. The second kappa shape index (κ2) is 5.91. The summed E-state index contributed by atoms with van der Waals surface area (Å²) in [5, 5.41) is 14.1. The number of aryl methyl sites for hydroxylation is 1. The van der Waals surface area contributed by atoms with Crippen LogP contribution in [0.3, 0.4) is 0 Å². The number of aromatic nitrogens is 1. The second-order valence-electron chi connectivity index (χ2n) is 6.18. The molecule has 0 saturated heterocycles. The Hall–Kier alpha value is -1.17. The third-order valence-corrected chi connectivity index (χ3v) is 5.48. The highest BCUT2D eigenvalue weighted by Crippen LogP contribution is 2.37. The fourth-order valence-corrected chi connectivity index (χ4v) is 3.87. The van der Waals surface area contributed by atoms with Gasteiger partial charge in [0, 0.05) is 35.7 Å². The zero-order valence-electron chi connectivity index (χ0n) is 12.6. The van der Waals surface area contributed by atoms with Crippen LogP contribution >= 0.6 is 11.3 Å². The molecule has 2 N–H and O–H groups in total. The molecule has 21 heavy (non-hydrogen) atoms. The van der Waals surface area contributed by atoms with Crippen molar-refractivity contribution in [1.82, 2.24) is 10.3 Å². The van der Waals surface area contributed by atoms with Crippen molar-refractivity contribution in [3.63, 3.8) is 0 Å². The van der Waals surface area contributed by atoms with Crippen molar-refractivity contribution in [2.24, 2.45) is 5.41 Å². The first-order valence-electron chi connectivity index (χ1n) is 7.46. The van der Waals surface area contributed by atoms with Gasteiger partial charge in [0.15, 0.2) is 10.8 Å². The number of aliphatic hydroxyl groups is 1. The number of hydrogen-bond donors (Lipinski definition) is 2. The lowest BCUT2D eigenvalue weighted by Gasteiger charge is -2.30. The molecule has 1 aliphatic rings. The summed E-state index contributed by atoms with van der Waals surface area (Å²) in [5.41, 5.74) is 0.0195. The SMILES string of the molecule is Cc1ccc(-c2ncc(CNC3CCCC3(C)CO)s2)o1. The van der Waals surface area contributed by atoms with E-state index in [-0.39, 0.29) is 12.0 Å². The molecule has 4 nitrogen and oxygen atoms in total. The zero-order valence-corrected chi connectivity index (χ0v) is 13.4. The molecule has 2 unspecified atom stereocenters. The molecule has 2 atom stereocenters. The summed E-state index contributed by atoms with van der Waals surface area (Å²) in [7, 11) is 0. The standard InChI is InChI=1S/C16H22N2O2S/c1-11-5-6-13(20-11)15-18-9-12(21-15)8-17-14-4-3-7-16(14,2)10-19/h5-6,9,14,17,19H,3-4,7-8,10H2,1-2H3. The monoisotopic (exact) mass is 306 g/mol. The maximum atomic E-state index is 9.59. The van der Waals surface area contributed by atoms with Crippen LogP contribution < -0.4 is 5.32 Å². The molecule has 0 aliphatic heterocycles. The molecule has 5 heteroatoms. The predicted octanol–water partition coefficient (Wildman–Crippen LogP) is 3.35. The van der Waals surface area contributed by atoms with Gasteiger partial charge in [-0.25, -0.2) is 4.98 Å². The number of hydrogen-bond acceptors (Lipinski definition) is 5. The van der Waals surface area contributed by atoms with Crippen LogP contribution in [0.15, 0.2) is 22.7 Å². The Morgan fingerprint density at radius 2 is 2.38 bits per heavy atom. The topological polar surface area (TPSA) is 58.3 Å². The molecule has 2 aromatic rings. The number of rotatable bonds is 5. The Balaban J connectivity index is 1.63. The van der Waals surface area contributed by atoms with E-state index in [0.717, 1.165) is 35.9 Å². The quantitative estimate of drug-likeness (QED) is 0.889. The van der Waals surface area contributed by atoms with E-state index in [1.54, 1.807) is 11.3 Å². The summed E-state index contributed by atoms with van der Waals surface area (Å²) < 4.78 is 5.61. The fraction of sp³-hybridized carbons (Fsp3) is 0.562. The molecule has 0 aromatic carbocycles. The van der Waals surface area contributed by atoms with E-state index in [1.165, 1.54) is 11.3 Å². The van der Waals surface area contributed by atoms with Gasteiger partial charge in [0.05, 0.1) is 0 Å². The zero-order chi connectivity index (χ0) is 14.9. The van der Waals surface area contributed by atoms with Gasteiger partial charge in [-0.15, -0.1) is 11.3 Å². The minimum Gasteiger partial charge on any atom is -0.459 e. The predicted molar refractivity (Wildman–Crippen MR) is 84.2 cm³/mol. The smallest absolute Gasteiger partial charge is 0.162 e. The lowest BCUT2D eigenvalue weighted by Crippen LogP contribution is -2.41. The van der Waals surface area contributed by atoms with Gasteiger partial charge in [-0.3, -0.25) is 0 Å². The van der Waals surface area contributed by atoms with Crippen LogP contribution in [0.1, 0.15) is 36.8 Å². The summed E-state index contributed by atoms with van der Waals surface area (Å²) in [6.07, 6.45) is 5.34. The van der Waals surface area contributed by atoms with E-state index in [1.807, 2.05) is 25.3 Å². The molecular formula is C16H22N2O2S. The van der Waals surface area contributed by atoms with Crippen molar-refractivity contribution in [1.29, 1.82) is 0 Å². The number of nitrogens with one attached hydrogen (secondary N) is 1. The van der Waals surface area contributed by atoms with Crippen LogP contribution in [-0.4, -0.2) is 22.7 Å². The van der Waals surface area contributed by atoms with Crippen molar-refractivity contribution in [2.75, 3.05) is 6.61 Å². The Bertz CT molecular complexity index is 607. The Morgan fingerprint density at radius 1 is 1.52 bits per heavy atom. The summed E-state index contributed by atoms with van der Waals surface area (Å²) in [6.45, 7) is 5.17. The highest BCUT2D eigenvalue weighted by atomic mass is 32.1. The van der Waals surface area contributed by atoms with E-state index in [4.69, 9.17) is 4.42 Å². The second-order valence-corrected chi connectivity index (χ2v) is 7.30. The van der Waals surface area contributed by atoms with E-state index in [9.17, 15) is 5.11 Å². The normalized spacial score (nSPS) is 25.6. The maximum Gasteiger partial charge on any atom is 0.162 e. The largest absolute Gasteiger partial charge is 0.459 e. The molecular weight excluding hydrogens is 284 g/mol. The molecule has 2 aromatic heterocycles. The molecule has 0 radical (unpaired) electrons. The van der Waals surface area contributed by atoms with Gasteiger partial charge < -0.3 is 14.8 Å². The van der Waals surface area contributed by atoms with Gasteiger partial charge in [0.1, 0.15) is 5.76 Å². The molecule has 2 heterocycles. The van der Waals surface area contributed by atoms with Crippen LogP contribution in [-0.2, 0) is 6.54 Å². The van der Waals surface area contributed by atoms with E-state index >= 15 is 0 Å². The summed E-state index contributed by atoms with van der Waals surface area (Å²) in [4.78, 5) is 5.64. The van der Waals surface area contributed by atoms with E-state index < -0.39 is 0 Å². The van der Waals surface area contributed by atoms with Crippen LogP contribution in [0.2, 0.25) is 0 Å². The molecule has 3 rings (SSSR count). The average molecular weight is 306 g/mol. The summed E-state index contributed by atoms with van der Waals surface area (Å²) in [6, 6.07) is 4.31. The van der Waals surface area contributed by atoms with Crippen molar-refractivity contribution >= 4 is 11.3 Å². The van der Waals surface area contributed by atoms with Gasteiger partial charge in [-0.2, -0.15) is 0 Å². The van der Waals surface area contributed by atoms with Crippen molar-refractivity contribution < 1.29 is 9.52 Å². The molecule has 0 bridgehead atoms. The highest BCUT2D eigenvalue weighted by Gasteiger charge is 2.37. The summed E-state index contributed by atoms with van der Waals surface area (Å²) >= 11 is 1.66. The Labute approximate surface area is 129 Å². The number of furan rings is 1. The third-order valence-electron chi connectivity index (χ3n) is 4.47. The number of aliphatic hydroxyl groups excluding tert-OH is 1. The molecule has 1 aliphatic carbocycles. The molecule has 1 saturated carbocycles. The minimum absolute atomic E-state index is 0.0195. The van der Waals surface area contributed by atoms with Gasteiger partial charge in [-0.05, 0) is 31.9 Å². The first-order valence-corrected chi connectivity index (χ1v) is 8.28. The lowest BCUT2D eigenvalue weighted by molar-refractivity contribution is 0.118. The van der Waals surface area contributed by atoms with Crippen LogP contribution in [0.5, 0.6) is 0 Å². The Kier molecular flexibility index (Phi) is 4.15. The first-order chi connectivity index (χ1) is 10.1. The van der Waals surface area contributed by atoms with Gasteiger partial charge in [0.2, 0.25) is 0 Å². The van der Waals surface area contributed by atoms with Gasteiger partial charge >= 0.3 is 0 Å². The van der Waals surface area contributed by atoms with Gasteiger partial charge in [-0.1, -0.05) is 13.3 Å². The van der Waals surface area contributed by atoms with Crippen LogP contribution in [0.4, 0.5) is 0 Å². The summed E-state index contributed by atoms with van der Waals surface area (Å²) in [5.74, 6) is 1.74. The molecule has 1 fully saturated rings. The van der Waals surface area contributed by atoms with E-state index in [0.29, 0.717) is 6.04 Å². The molecule has 114 valence electrons.